The van der Waals surface area contributed by atoms with Gasteiger partial charge in [0.25, 0.3) is 0 Å². The molecule has 1 fully saturated rings. The van der Waals surface area contributed by atoms with Gasteiger partial charge in [-0.15, -0.1) is 0 Å². The quantitative estimate of drug-likeness (QED) is 0.607. The van der Waals surface area contributed by atoms with E-state index in [1.54, 1.807) is 18.2 Å². The van der Waals surface area contributed by atoms with Crippen LogP contribution < -0.4 is 0 Å². The number of aliphatic carboxylic acids is 1. The SMILES string of the molecule is CC(C)(C)C1CCC(CC(=O)O)CC1.On1ccccc1=S. The van der Waals surface area contributed by atoms with Crippen molar-refractivity contribution >= 4 is 18.2 Å². The number of hydrogen-bond acceptors (Lipinski definition) is 3. The second-order valence-corrected chi connectivity index (χ2v) is 7.48. The molecule has 0 unspecified atom stereocenters. The highest BCUT2D eigenvalue weighted by molar-refractivity contribution is 7.71. The summed E-state index contributed by atoms with van der Waals surface area (Å²) in [5.74, 6) is 0.586. The van der Waals surface area contributed by atoms with Gasteiger partial charge < -0.3 is 10.3 Å². The number of rotatable bonds is 2. The fraction of sp³-hybridized carbons (Fsp3) is 0.647. The van der Waals surface area contributed by atoms with Gasteiger partial charge in [-0.3, -0.25) is 4.79 Å². The third kappa shape index (κ3) is 6.60. The molecule has 4 nitrogen and oxygen atoms in total. The average Bonchev–Trinajstić information content (AvgIpc) is 2.42. The molecule has 0 aliphatic heterocycles. The number of aromatic nitrogens is 1. The molecule has 22 heavy (non-hydrogen) atoms. The first-order chi connectivity index (χ1) is 10.2. The highest BCUT2D eigenvalue weighted by Gasteiger charge is 2.30. The molecule has 0 radical (unpaired) electrons. The van der Waals surface area contributed by atoms with Crippen molar-refractivity contribution in [3.63, 3.8) is 0 Å². The van der Waals surface area contributed by atoms with Gasteiger partial charge in [-0.2, -0.15) is 4.73 Å². The lowest BCUT2D eigenvalue weighted by Gasteiger charge is -2.36. The van der Waals surface area contributed by atoms with Crippen molar-refractivity contribution in [2.75, 3.05) is 0 Å². The number of carboxylic acid groups (broad SMARTS) is 1. The lowest BCUT2D eigenvalue weighted by atomic mass is 9.69. The van der Waals surface area contributed by atoms with Gasteiger partial charge in [0, 0.05) is 12.6 Å². The maximum absolute atomic E-state index is 10.5. The molecule has 2 N–H and O–H groups in total. The smallest absolute Gasteiger partial charge is 0.303 e. The van der Waals surface area contributed by atoms with Crippen LogP contribution in [0.4, 0.5) is 0 Å². The van der Waals surface area contributed by atoms with Crippen molar-refractivity contribution in [3.05, 3.63) is 29.0 Å². The minimum atomic E-state index is -0.635. The molecule has 1 aromatic rings. The Bertz CT molecular complexity index is 525. The topological polar surface area (TPSA) is 62.5 Å². The molecule has 0 bridgehead atoms. The van der Waals surface area contributed by atoms with Crippen molar-refractivity contribution < 1.29 is 15.1 Å². The molecule has 124 valence electrons. The Labute approximate surface area is 137 Å². The molecule has 0 aromatic carbocycles. The first-order valence-electron chi connectivity index (χ1n) is 7.79. The Morgan fingerprint density at radius 2 is 1.86 bits per heavy atom. The summed E-state index contributed by atoms with van der Waals surface area (Å²) in [5, 5.41) is 17.4. The summed E-state index contributed by atoms with van der Waals surface area (Å²) in [6, 6.07) is 5.13. The van der Waals surface area contributed by atoms with Crippen molar-refractivity contribution in [3.8, 4) is 0 Å². The summed E-state index contributed by atoms with van der Waals surface area (Å²) in [6.45, 7) is 6.86. The molecule has 2 rings (SSSR count). The van der Waals surface area contributed by atoms with E-state index in [-0.39, 0.29) is 0 Å². The molecular weight excluding hydrogens is 298 g/mol. The lowest BCUT2D eigenvalue weighted by Crippen LogP contribution is -2.26. The molecular formula is C17H27NO3S. The Morgan fingerprint density at radius 3 is 2.23 bits per heavy atom. The van der Waals surface area contributed by atoms with Crippen LogP contribution in [0.2, 0.25) is 0 Å². The second-order valence-electron chi connectivity index (χ2n) is 7.06. The van der Waals surface area contributed by atoms with Crippen LogP contribution in [0.1, 0.15) is 52.9 Å². The molecule has 1 saturated carbocycles. The van der Waals surface area contributed by atoms with Gasteiger partial charge in [-0.25, -0.2) is 0 Å². The molecule has 0 saturated heterocycles. The maximum Gasteiger partial charge on any atom is 0.303 e. The Morgan fingerprint density at radius 1 is 1.27 bits per heavy atom. The Kier molecular flexibility index (Phi) is 7.07. The van der Waals surface area contributed by atoms with Crippen molar-refractivity contribution in [1.29, 1.82) is 0 Å². The minimum absolute atomic E-state index is 0.372. The summed E-state index contributed by atoms with van der Waals surface area (Å²) in [5.41, 5.74) is 0.397. The van der Waals surface area contributed by atoms with E-state index in [2.05, 4.69) is 33.0 Å². The van der Waals surface area contributed by atoms with Gasteiger partial charge in [-0.1, -0.05) is 39.1 Å². The molecule has 0 atom stereocenters. The van der Waals surface area contributed by atoms with E-state index >= 15 is 0 Å². The number of carboxylic acids is 1. The van der Waals surface area contributed by atoms with Crippen LogP contribution >= 0.6 is 12.2 Å². The van der Waals surface area contributed by atoms with Crippen LogP contribution in [0.15, 0.2) is 24.4 Å². The fourth-order valence-corrected chi connectivity index (χ4v) is 3.04. The van der Waals surface area contributed by atoms with Crippen LogP contribution in [0.3, 0.4) is 0 Å². The van der Waals surface area contributed by atoms with E-state index in [9.17, 15) is 4.79 Å². The van der Waals surface area contributed by atoms with Gasteiger partial charge in [-0.05, 0) is 55.1 Å². The van der Waals surface area contributed by atoms with E-state index in [1.165, 1.54) is 19.0 Å². The Hall–Kier alpha value is -1.36. The van der Waals surface area contributed by atoms with Gasteiger partial charge >= 0.3 is 5.97 Å². The third-order valence-corrected chi connectivity index (χ3v) is 4.66. The highest BCUT2D eigenvalue weighted by atomic mass is 32.1. The average molecular weight is 325 g/mol. The first kappa shape index (κ1) is 18.7. The predicted molar refractivity (Wildman–Crippen MR) is 89.6 cm³/mol. The number of nitrogens with zero attached hydrogens (tertiary/aromatic N) is 1. The molecule has 1 aliphatic carbocycles. The van der Waals surface area contributed by atoms with Crippen LogP contribution in [-0.4, -0.2) is 21.0 Å². The van der Waals surface area contributed by atoms with Crippen molar-refractivity contribution in [2.24, 2.45) is 17.3 Å². The fourth-order valence-electron chi connectivity index (χ4n) is 2.90. The largest absolute Gasteiger partial charge is 0.481 e. The van der Waals surface area contributed by atoms with Gasteiger partial charge in [0.15, 0.2) is 0 Å². The maximum atomic E-state index is 10.5. The van der Waals surface area contributed by atoms with E-state index in [0.29, 0.717) is 22.4 Å². The second kappa shape index (κ2) is 8.32. The molecule has 0 amide bonds. The van der Waals surface area contributed by atoms with E-state index < -0.39 is 5.97 Å². The Balaban J connectivity index is 0.000000255. The highest BCUT2D eigenvalue weighted by Crippen LogP contribution is 2.40. The molecule has 1 aliphatic rings. The molecule has 5 heteroatoms. The lowest BCUT2D eigenvalue weighted by molar-refractivity contribution is -0.138. The predicted octanol–water partition coefficient (Wildman–Crippen LogP) is 4.77. The van der Waals surface area contributed by atoms with E-state index in [0.717, 1.165) is 23.5 Å². The van der Waals surface area contributed by atoms with E-state index in [1.807, 2.05) is 0 Å². The van der Waals surface area contributed by atoms with Crippen LogP contribution in [-0.2, 0) is 4.79 Å². The van der Waals surface area contributed by atoms with Crippen LogP contribution in [0.5, 0.6) is 0 Å². The molecule has 1 heterocycles. The third-order valence-electron chi connectivity index (χ3n) is 4.34. The first-order valence-corrected chi connectivity index (χ1v) is 8.19. The van der Waals surface area contributed by atoms with Gasteiger partial charge in [0.2, 0.25) is 0 Å². The number of hydrogen-bond donors (Lipinski definition) is 2. The van der Waals surface area contributed by atoms with Crippen LogP contribution in [0.25, 0.3) is 0 Å². The molecule has 0 spiro atoms. The van der Waals surface area contributed by atoms with Gasteiger partial charge in [0.1, 0.15) is 4.64 Å². The van der Waals surface area contributed by atoms with Crippen molar-refractivity contribution in [1.82, 2.24) is 4.73 Å². The summed E-state index contributed by atoms with van der Waals surface area (Å²) >= 11 is 4.67. The summed E-state index contributed by atoms with van der Waals surface area (Å²) in [4.78, 5) is 10.5. The minimum Gasteiger partial charge on any atom is -0.481 e. The summed E-state index contributed by atoms with van der Waals surface area (Å²) in [6.07, 6.45) is 6.49. The van der Waals surface area contributed by atoms with E-state index in [4.69, 9.17) is 10.3 Å². The van der Waals surface area contributed by atoms with Crippen molar-refractivity contribution in [2.45, 2.75) is 52.9 Å². The molecule has 1 aromatic heterocycles. The number of carbonyl (C=O) groups is 1. The zero-order valence-electron chi connectivity index (χ0n) is 13.7. The zero-order chi connectivity index (χ0) is 16.8. The van der Waals surface area contributed by atoms with Gasteiger partial charge in [0.05, 0.1) is 0 Å². The normalized spacial score (nSPS) is 21.6. The summed E-state index contributed by atoms with van der Waals surface area (Å²) < 4.78 is 1.32. The van der Waals surface area contributed by atoms with Crippen LogP contribution in [0, 0.1) is 21.9 Å². The standard InChI is InChI=1S/C12H22O2.C5H5NOS/c1-12(2,3)10-6-4-9(5-7-10)8-11(13)14;7-6-4-2-1-3-5(6)8/h9-10H,4-8H2,1-3H3,(H,13,14);1-4,7H. The summed E-state index contributed by atoms with van der Waals surface area (Å²) in [7, 11) is 0. The number of pyridine rings is 1. The monoisotopic (exact) mass is 325 g/mol. The zero-order valence-corrected chi connectivity index (χ0v) is 14.5.